The fourth-order valence-corrected chi connectivity index (χ4v) is 5.52. The Morgan fingerprint density at radius 3 is 2.26 bits per heavy atom. The van der Waals surface area contributed by atoms with E-state index in [-0.39, 0.29) is 42.2 Å². The van der Waals surface area contributed by atoms with Crippen LogP contribution in [-0.4, -0.2) is 86.0 Å². The van der Waals surface area contributed by atoms with Gasteiger partial charge in [-0.25, -0.2) is 9.59 Å². The molecule has 3 fully saturated rings. The summed E-state index contributed by atoms with van der Waals surface area (Å²) < 4.78 is 1.45. The molecule has 5 rings (SSSR count). The Bertz CT molecular complexity index is 1220. The molecule has 0 radical (unpaired) electrons. The summed E-state index contributed by atoms with van der Waals surface area (Å²) in [4.78, 5) is 48.1. The zero-order valence-corrected chi connectivity index (χ0v) is 22.7. The first-order valence-electron chi connectivity index (χ1n) is 12.9. The predicted molar refractivity (Wildman–Crippen MR) is 147 cm³/mol. The number of piperazine rings is 1. The van der Waals surface area contributed by atoms with E-state index < -0.39 is 11.2 Å². The van der Waals surface area contributed by atoms with E-state index in [1.54, 1.807) is 35.9 Å². The van der Waals surface area contributed by atoms with E-state index in [1.807, 2.05) is 24.3 Å². The molecule has 1 aromatic heterocycles. The number of fused-ring (bicyclic) bond motifs is 2. The van der Waals surface area contributed by atoms with E-state index in [1.165, 1.54) is 10.1 Å². The molecule has 11 nitrogen and oxygen atoms in total. The van der Waals surface area contributed by atoms with Crippen LogP contribution in [0, 0.1) is 0 Å². The first-order valence-corrected chi connectivity index (χ1v) is 12.9. The van der Waals surface area contributed by atoms with Crippen LogP contribution >= 0.6 is 12.4 Å². The van der Waals surface area contributed by atoms with Crippen LogP contribution in [0.1, 0.15) is 38.7 Å². The van der Waals surface area contributed by atoms with E-state index >= 15 is 0 Å². The molecule has 2 bridgehead atoms. The van der Waals surface area contributed by atoms with Gasteiger partial charge in [0.25, 0.3) is 0 Å². The van der Waals surface area contributed by atoms with E-state index in [9.17, 15) is 14.4 Å². The van der Waals surface area contributed by atoms with E-state index in [2.05, 4.69) is 15.2 Å². The van der Waals surface area contributed by atoms with Crippen molar-refractivity contribution in [2.45, 2.75) is 63.3 Å². The summed E-state index contributed by atoms with van der Waals surface area (Å²) in [5.74, 6) is 0.0968. The standard InChI is InChI=1S/C26H36N8O3.ClH/c1-26(2,28)23(35)33-15-21-13-20(33)16-34(21)25(37)30-22-9-12-32(24(36)29-22)19-5-3-17(4-6-19)14-31-10-7-18(27)8-11-31;/h3-6,9,12,18,20-21H,7-8,10-11,13-16,27-28H2,1-2H3,(H,29,30,36,37);1H. The molecule has 2 atom stereocenters. The number of nitrogens with zero attached hydrogens (tertiary/aromatic N) is 5. The fourth-order valence-electron chi connectivity index (χ4n) is 5.52. The zero-order valence-electron chi connectivity index (χ0n) is 21.9. The number of urea groups is 1. The van der Waals surface area contributed by atoms with E-state index in [4.69, 9.17) is 11.5 Å². The highest BCUT2D eigenvalue weighted by Crippen LogP contribution is 2.32. The first-order chi connectivity index (χ1) is 17.6. The molecular weight excluding hydrogens is 508 g/mol. The third-order valence-electron chi connectivity index (χ3n) is 7.61. The minimum absolute atomic E-state index is 0. The lowest BCUT2D eigenvalue weighted by Crippen LogP contribution is -2.58. The number of nitrogens with one attached hydrogen (secondary N) is 1. The number of nitrogens with two attached hydrogens (primary N) is 2. The van der Waals surface area contributed by atoms with Gasteiger partial charge in [-0.2, -0.15) is 4.98 Å². The predicted octanol–water partition coefficient (Wildman–Crippen LogP) is 1.13. The fraction of sp³-hybridized carbons (Fsp3) is 0.538. The molecule has 5 N–H and O–H groups in total. The van der Waals surface area contributed by atoms with Crippen molar-refractivity contribution in [2.75, 3.05) is 31.5 Å². The normalized spacial score (nSPS) is 21.9. The summed E-state index contributed by atoms with van der Waals surface area (Å²) in [5.41, 5.74) is 12.5. The summed E-state index contributed by atoms with van der Waals surface area (Å²) in [6, 6.07) is 9.35. The number of benzene rings is 1. The Labute approximate surface area is 228 Å². The van der Waals surface area contributed by atoms with Crippen molar-refractivity contribution in [1.29, 1.82) is 0 Å². The van der Waals surface area contributed by atoms with E-state index in [0.29, 0.717) is 24.8 Å². The minimum atomic E-state index is -0.937. The van der Waals surface area contributed by atoms with Gasteiger partial charge in [0.15, 0.2) is 0 Å². The van der Waals surface area contributed by atoms with Crippen LogP contribution in [0.4, 0.5) is 10.6 Å². The Morgan fingerprint density at radius 2 is 1.68 bits per heavy atom. The third-order valence-corrected chi connectivity index (χ3v) is 7.61. The molecule has 3 aliphatic rings. The van der Waals surface area contributed by atoms with Gasteiger partial charge in [0.1, 0.15) is 5.82 Å². The lowest BCUT2D eigenvalue weighted by atomic mass is 10.0. The van der Waals surface area contributed by atoms with Crippen LogP contribution in [0.5, 0.6) is 0 Å². The molecule has 12 heteroatoms. The van der Waals surface area contributed by atoms with Crippen LogP contribution in [0.2, 0.25) is 0 Å². The summed E-state index contributed by atoms with van der Waals surface area (Å²) in [6.45, 7) is 7.15. The summed E-state index contributed by atoms with van der Waals surface area (Å²) in [5, 5.41) is 2.74. The van der Waals surface area contributed by atoms with Crippen LogP contribution in [0.15, 0.2) is 41.3 Å². The van der Waals surface area contributed by atoms with Crippen molar-refractivity contribution >= 4 is 30.2 Å². The number of carbonyl (C=O) groups is 2. The van der Waals surface area contributed by atoms with Crippen LogP contribution < -0.4 is 22.5 Å². The van der Waals surface area contributed by atoms with Gasteiger partial charge in [-0.1, -0.05) is 12.1 Å². The van der Waals surface area contributed by atoms with E-state index in [0.717, 1.165) is 38.9 Å². The number of likely N-dealkylation sites (tertiary alicyclic amines) is 3. The molecule has 2 unspecified atom stereocenters. The molecule has 3 aliphatic heterocycles. The van der Waals surface area contributed by atoms with Crippen molar-refractivity contribution in [3.05, 3.63) is 52.6 Å². The maximum atomic E-state index is 12.9. The molecule has 1 aromatic carbocycles. The second-order valence-electron chi connectivity index (χ2n) is 11.1. The van der Waals surface area contributed by atoms with Crippen LogP contribution in [0.3, 0.4) is 0 Å². The van der Waals surface area contributed by atoms with Gasteiger partial charge in [0.2, 0.25) is 5.91 Å². The Hall–Kier alpha value is -2.99. The van der Waals surface area contributed by atoms with Gasteiger partial charge in [-0.15, -0.1) is 12.4 Å². The van der Waals surface area contributed by atoms with Crippen LogP contribution in [0.25, 0.3) is 5.69 Å². The van der Waals surface area contributed by atoms with Crippen molar-refractivity contribution in [1.82, 2.24) is 24.3 Å². The number of aromatic nitrogens is 2. The molecule has 3 saturated heterocycles. The number of hydrogen-bond acceptors (Lipinski definition) is 7. The Kier molecular flexibility index (Phi) is 8.12. The number of anilines is 1. The second kappa shape index (κ2) is 11.0. The zero-order chi connectivity index (χ0) is 26.3. The number of piperidine rings is 1. The molecular formula is C26H37ClN8O3. The lowest BCUT2D eigenvalue weighted by molar-refractivity contribution is -0.137. The molecule has 4 heterocycles. The Morgan fingerprint density at radius 1 is 1.05 bits per heavy atom. The number of halogens is 1. The first kappa shape index (κ1) is 28.0. The minimum Gasteiger partial charge on any atom is -0.334 e. The molecule has 206 valence electrons. The van der Waals surface area contributed by atoms with Crippen LogP contribution in [-0.2, 0) is 11.3 Å². The SMILES string of the molecule is CC(C)(N)C(=O)N1CC2CC1CN2C(=O)Nc1ccn(-c2ccc(CN3CCC(N)CC3)cc2)c(=O)n1.Cl. The highest BCUT2D eigenvalue weighted by Gasteiger charge is 2.49. The van der Waals surface area contributed by atoms with Gasteiger partial charge in [-0.3, -0.25) is 19.6 Å². The summed E-state index contributed by atoms with van der Waals surface area (Å²) in [6.07, 6.45) is 4.38. The number of rotatable bonds is 5. The van der Waals surface area contributed by atoms with Crippen molar-refractivity contribution in [3.8, 4) is 5.69 Å². The largest absolute Gasteiger partial charge is 0.354 e. The lowest BCUT2D eigenvalue weighted by Gasteiger charge is -2.37. The van der Waals surface area contributed by atoms with Gasteiger partial charge in [0, 0.05) is 31.9 Å². The highest BCUT2D eigenvalue weighted by molar-refractivity contribution is 5.90. The quantitative estimate of drug-likeness (QED) is 0.512. The average Bonchev–Trinajstić information content (AvgIpc) is 3.47. The summed E-state index contributed by atoms with van der Waals surface area (Å²) in [7, 11) is 0. The maximum absolute atomic E-state index is 12.9. The van der Waals surface area contributed by atoms with Crippen molar-refractivity contribution < 1.29 is 9.59 Å². The number of hydrogen-bond donors (Lipinski definition) is 3. The average molecular weight is 545 g/mol. The second-order valence-corrected chi connectivity index (χ2v) is 11.1. The van der Waals surface area contributed by atoms with Gasteiger partial charge in [0.05, 0.1) is 23.3 Å². The summed E-state index contributed by atoms with van der Waals surface area (Å²) >= 11 is 0. The van der Waals surface area contributed by atoms with Gasteiger partial charge < -0.3 is 21.3 Å². The van der Waals surface area contributed by atoms with Gasteiger partial charge in [-0.05, 0) is 70.0 Å². The molecule has 0 saturated carbocycles. The van der Waals surface area contributed by atoms with Crippen molar-refractivity contribution in [3.63, 3.8) is 0 Å². The Balaban J connectivity index is 0.00000336. The van der Waals surface area contributed by atoms with Crippen molar-refractivity contribution in [2.24, 2.45) is 11.5 Å². The third kappa shape index (κ3) is 5.85. The smallest absolute Gasteiger partial charge is 0.334 e. The monoisotopic (exact) mass is 544 g/mol. The molecule has 38 heavy (non-hydrogen) atoms. The molecule has 3 amide bonds. The molecule has 2 aromatic rings. The maximum Gasteiger partial charge on any atom is 0.354 e. The number of amides is 3. The topological polar surface area (TPSA) is 143 Å². The highest BCUT2D eigenvalue weighted by atomic mass is 35.5. The van der Waals surface area contributed by atoms with Gasteiger partial charge >= 0.3 is 11.7 Å². The molecule has 0 aliphatic carbocycles. The molecule has 0 spiro atoms. The number of carbonyl (C=O) groups excluding carboxylic acids is 2.